The molecule has 1 aromatic rings. The molecule has 21 heavy (non-hydrogen) atoms. The van der Waals surface area contributed by atoms with Gasteiger partial charge in [-0.1, -0.05) is 24.6 Å². The number of hydrogen-bond donors (Lipinski definition) is 1. The first kappa shape index (κ1) is 15.4. The summed E-state index contributed by atoms with van der Waals surface area (Å²) in [5.41, 5.74) is 0.968. The molecule has 1 fully saturated rings. The standard InChI is InChI=1S/C16H23NO2S2/c1-20-13-6-4-5-12(11-13)17-15-9-10-21(18,19)16-8-3-2-7-14(15)16/h2-3,7-8,12-13,15,17H,4-6,9-11H2,1H3. The van der Waals surface area contributed by atoms with Crippen molar-refractivity contribution >= 4 is 21.6 Å². The number of fused-ring (bicyclic) bond motifs is 1. The molecule has 1 N–H and O–H groups in total. The maximum Gasteiger partial charge on any atom is 0.178 e. The minimum atomic E-state index is -3.08. The summed E-state index contributed by atoms with van der Waals surface area (Å²) in [5, 5.41) is 4.49. The zero-order valence-electron chi connectivity index (χ0n) is 12.4. The van der Waals surface area contributed by atoms with Crippen LogP contribution >= 0.6 is 11.8 Å². The molecule has 1 aliphatic heterocycles. The van der Waals surface area contributed by atoms with E-state index in [1.54, 1.807) is 6.07 Å². The molecule has 5 heteroatoms. The average Bonchev–Trinajstić information content (AvgIpc) is 2.51. The molecule has 0 bridgehead atoms. The molecule has 3 rings (SSSR count). The zero-order valence-corrected chi connectivity index (χ0v) is 14.1. The smallest absolute Gasteiger partial charge is 0.178 e. The Balaban J connectivity index is 1.78. The lowest BCUT2D eigenvalue weighted by atomic mass is 9.93. The third-order valence-electron chi connectivity index (χ3n) is 4.70. The number of nitrogens with one attached hydrogen (secondary N) is 1. The van der Waals surface area contributed by atoms with Crippen molar-refractivity contribution in [2.24, 2.45) is 0 Å². The minimum Gasteiger partial charge on any atom is -0.307 e. The van der Waals surface area contributed by atoms with Gasteiger partial charge in [-0.2, -0.15) is 11.8 Å². The Hall–Kier alpha value is -0.520. The normalized spacial score (nSPS) is 31.6. The molecule has 1 saturated carbocycles. The van der Waals surface area contributed by atoms with Crippen LogP contribution in [-0.2, 0) is 9.84 Å². The fourth-order valence-electron chi connectivity index (χ4n) is 3.56. The highest BCUT2D eigenvalue weighted by Crippen LogP contribution is 2.34. The first-order valence-corrected chi connectivity index (χ1v) is 10.6. The van der Waals surface area contributed by atoms with E-state index in [1.165, 1.54) is 25.7 Å². The molecular formula is C16H23NO2S2. The van der Waals surface area contributed by atoms with E-state index in [0.717, 1.165) is 10.8 Å². The summed E-state index contributed by atoms with van der Waals surface area (Å²) in [6.45, 7) is 0. The SMILES string of the molecule is CSC1CCCC(NC2CCS(=O)(=O)c3ccccc32)C1. The van der Waals surface area contributed by atoms with Gasteiger partial charge in [0.15, 0.2) is 9.84 Å². The van der Waals surface area contributed by atoms with Crippen LogP contribution in [0.5, 0.6) is 0 Å². The van der Waals surface area contributed by atoms with Crippen LogP contribution in [0.3, 0.4) is 0 Å². The lowest BCUT2D eigenvalue weighted by molar-refractivity contribution is 0.335. The average molecular weight is 325 g/mol. The van der Waals surface area contributed by atoms with Gasteiger partial charge in [0.2, 0.25) is 0 Å². The third kappa shape index (κ3) is 3.30. The molecule has 2 aliphatic rings. The number of hydrogen-bond acceptors (Lipinski definition) is 4. The first-order valence-electron chi connectivity index (χ1n) is 7.70. The van der Waals surface area contributed by atoms with Crippen LogP contribution < -0.4 is 5.32 Å². The molecule has 1 heterocycles. The first-order chi connectivity index (χ1) is 10.1. The van der Waals surface area contributed by atoms with Crippen molar-refractivity contribution in [2.45, 2.75) is 54.3 Å². The van der Waals surface area contributed by atoms with Crippen molar-refractivity contribution < 1.29 is 8.42 Å². The molecule has 3 atom stereocenters. The van der Waals surface area contributed by atoms with Crippen molar-refractivity contribution in [2.75, 3.05) is 12.0 Å². The van der Waals surface area contributed by atoms with Crippen LogP contribution in [0.2, 0.25) is 0 Å². The number of sulfone groups is 1. The van der Waals surface area contributed by atoms with Gasteiger partial charge in [0.05, 0.1) is 10.6 Å². The maximum atomic E-state index is 12.2. The minimum absolute atomic E-state index is 0.190. The van der Waals surface area contributed by atoms with Crippen LogP contribution in [0.4, 0.5) is 0 Å². The van der Waals surface area contributed by atoms with Gasteiger partial charge in [0.25, 0.3) is 0 Å². The van der Waals surface area contributed by atoms with E-state index in [4.69, 9.17) is 0 Å². The van der Waals surface area contributed by atoms with Gasteiger partial charge in [-0.05, 0) is 43.6 Å². The van der Waals surface area contributed by atoms with Gasteiger partial charge < -0.3 is 5.32 Å². The van der Waals surface area contributed by atoms with Crippen molar-refractivity contribution in [1.29, 1.82) is 0 Å². The van der Waals surface area contributed by atoms with E-state index >= 15 is 0 Å². The maximum absolute atomic E-state index is 12.2. The lowest BCUT2D eigenvalue weighted by Crippen LogP contribution is -2.40. The van der Waals surface area contributed by atoms with Crippen LogP contribution in [0.1, 0.15) is 43.7 Å². The summed E-state index contributed by atoms with van der Waals surface area (Å²) in [5.74, 6) is 0.264. The van der Waals surface area contributed by atoms with Gasteiger partial charge in [-0.25, -0.2) is 8.42 Å². The van der Waals surface area contributed by atoms with Gasteiger partial charge in [-0.3, -0.25) is 0 Å². The van der Waals surface area contributed by atoms with Crippen LogP contribution in [-0.4, -0.2) is 31.7 Å². The predicted molar refractivity (Wildman–Crippen MR) is 88.5 cm³/mol. The number of thioether (sulfide) groups is 1. The predicted octanol–water partition coefficient (Wildman–Crippen LogP) is 3.17. The van der Waals surface area contributed by atoms with E-state index < -0.39 is 9.84 Å². The van der Waals surface area contributed by atoms with Gasteiger partial charge in [-0.15, -0.1) is 0 Å². The zero-order chi connectivity index (χ0) is 14.9. The van der Waals surface area contributed by atoms with Crippen LogP contribution in [0.25, 0.3) is 0 Å². The van der Waals surface area contributed by atoms with Gasteiger partial charge in [0, 0.05) is 17.3 Å². The Morgan fingerprint density at radius 1 is 1.19 bits per heavy atom. The Morgan fingerprint density at radius 3 is 2.81 bits per heavy atom. The summed E-state index contributed by atoms with van der Waals surface area (Å²) < 4.78 is 24.4. The molecule has 0 spiro atoms. The fraction of sp³-hybridized carbons (Fsp3) is 0.625. The summed E-state index contributed by atoms with van der Waals surface area (Å²) in [4.78, 5) is 0.533. The topological polar surface area (TPSA) is 46.2 Å². The molecular weight excluding hydrogens is 302 g/mol. The van der Waals surface area contributed by atoms with Crippen molar-refractivity contribution in [3.8, 4) is 0 Å². The molecule has 3 nitrogen and oxygen atoms in total. The van der Waals surface area contributed by atoms with E-state index in [1.807, 2.05) is 30.0 Å². The molecule has 0 aromatic heterocycles. The molecule has 0 saturated heterocycles. The summed E-state index contributed by atoms with van der Waals surface area (Å²) in [7, 11) is -3.08. The highest BCUT2D eigenvalue weighted by atomic mass is 32.2. The molecule has 3 unspecified atom stereocenters. The second-order valence-corrected chi connectivity index (χ2v) is 9.30. The molecule has 116 valence electrons. The van der Waals surface area contributed by atoms with Gasteiger partial charge >= 0.3 is 0 Å². The van der Waals surface area contributed by atoms with Gasteiger partial charge in [0.1, 0.15) is 0 Å². The Labute approximate surface area is 131 Å². The van der Waals surface area contributed by atoms with Crippen molar-refractivity contribution in [3.63, 3.8) is 0 Å². The summed E-state index contributed by atoms with van der Waals surface area (Å²) in [6.07, 6.45) is 7.88. The largest absolute Gasteiger partial charge is 0.307 e. The Bertz CT molecular complexity index is 600. The van der Waals surface area contributed by atoms with Crippen molar-refractivity contribution in [1.82, 2.24) is 5.32 Å². The van der Waals surface area contributed by atoms with Crippen LogP contribution in [0.15, 0.2) is 29.2 Å². The van der Waals surface area contributed by atoms with E-state index in [0.29, 0.717) is 17.4 Å². The highest BCUT2D eigenvalue weighted by molar-refractivity contribution is 7.99. The fourth-order valence-corrected chi connectivity index (χ4v) is 6.01. The molecule has 0 amide bonds. The molecule has 0 radical (unpaired) electrons. The molecule has 1 aromatic carbocycles. The Morgan fingerprint density at radius 2 is 2.00 bits per heavy atom. The summed E-state index contributed by atoms with van der Waals surface area (Å²) >= 11 is 1.96. The van der Waals surface area contributed by atoms with E-state index in [9.17, 15) is 8.42 Å². The van der Waals surface area contributed by atoms with E-state index in [-0.39, 0.29) is 11.8 Å². The summed E-state index contributed by atoms with van der Waals surface area (Å²) in [6, 6.07) is 8.21. The molecule has 1 aliphatic carbocycles. The second kappa shape index (κ2) is 6.31. The number of rotatable bonds is 3. The lowest BCUT2D eigenvalue weighted by Gasteiger charge is -2.34. The third-order valence-corrected chi connectivity index (χ3v) is 7.61. The highest BCUT2D eigenvalue weighted by Gasteiger charge is 2.32. The monoisotopic (exact) mass is 325 g/mol. The van der Waals surface area contributed by atoms with Crippen molar-refractivity contribution in [3.05, 3.63) is 29.8 Å². The Kier molecular flexibility index (Phi) is 4.62. The van der Waals surface area contributed by atoms with Crippen LogP contribution in [0, 0.1) is 0 Å². The quantitative estimate of drug-likeness (QED) is 0.927. The second-order valence-electron chi connectivity index (χ2n) is 6.09. The van der Waals surface area contributed by atoms with E-state index in [2.05, 4.69) is 11.6 Å². The number of benzene rings is 1.